The van der Waals surface area contributed by atoms with Gasteiger partial charge in [0.15, 0.2) is 0 Å². The summed E-state index contributed by atoms with van der Waals surface area (Å²) in [6.07, 6.45) is 0. The van der Waals surface area contributed by atoms with Gasteiger partial charge in [-0.25, -0.2) is 0 Å². The summed E-state index contributed by atoms with van der Waals surface area (Å²) in [5, 5.41) is 4.66. The van der Waals surface area contributed by atoms with Crippen molar-refractivity contribution in [3.63, 3.8) is 0 Å². The van der Waals surface area contributed by atoms with E-state index in [-0.39, 0.29) is 0 Å². The Balaban J connectivity index is 0. The van der Waals surface area contributed by atoms with E-state index in [1.165, 1.54) is 0 Å². The van der Waals surface area contributed by atoms with Crippen LogP contribution in [0.4, 0.5) is 0 Å². The van der Waals surface area contributed by atoms with Gasteiger partial charge in [0.2, 0.25) is 0 Å². The van der Waals surface area contributed by atoms with Gasteiger partial charge in [-0.3, -0.25) is 0 Å². The Morgan fingerprint density at radius 2 is 0.810 bits per heavy atom. The minimum Gasteiger partial charge on any atom is -0.308 e. The van der Waals surface area contributed by atoms with E-state index in [0.717, 1.165) is 30.8 Å². The van der Waals surface area contributed by atoms with Crippen LogP contribution < -0.4 is 0 Å². The second-order valence-corrected chi connectivity index (χ2v) is 11.5. The van der Waals surface area contributed by atoms with Gasteiger partial charge in [-0.05, 0) is 28.2 Å². The third-order valence-corrected chi connectivity index (χ3v) is 8.24. The molecular formula is C18H43AlN2. The van der Waals surface area contributed by atoms with Gasteiger partial charge in [0.25, 0.3) is 14.1 Å². The van der Waals surface area contributed by atoms with E-state index in [2.05, 4.69) is 79.5 Å². The summed E-state index contributed by atoms with van der Waals surface area (Å²) in [5.74, 6) is 2.78. The van der Waals surface area contributed by atoms with Crippen LogP contribution in [0, 0.1) is 17.8 Å². The Bertz CT molecular complexity index is 181. The standard InChI is InChI=1S/C6H16N2.3C4H9.Al/c1-7(2)5-6-8(3)4;3*1-4(2)3;/h5-6H2,1-4H3;3*4H,1H2,2-3H3;. The summed E-state index contributed by atoms with van der Waals surface area (Å²) in [6, 6.07) is 0. The molecule has 0 aliphatic heterocycles. The van der Waals surface area contributed by atoms with Crippen LogP contribution in [0.5, 0.6) is 0 Å². The second kappa shape index (κ2) is 14.1. The summed E-state index contributed by atoms with van der Waals surface area (Å²) in [7, 11) is 8.35. The van der Waals surface area contributed by atoms with Crippen molar-refractivity contribution in [2.75, 3.05) is 41.3 Å². The number of hydrogen-bond acceptors (Lipinski definition) is 2. The highest BCUT2D eigenvalue weighted by molar-refractivity contribution is 6.58. The maximum absolute atomic E-state index is 2.38. The molecule has 0 radical (unpaired) electrons. The van der Waals surface area contributed by atoms with Crippen LogP contribution in [-0.2, 0) is 0 Å². The van der Waals surface area contributed by atoms with Gasteiger partial charge in [-0.2, -0.15) is 0 Å². The lowest BCUT2D eigenvalue weighted by atomic mass is 10.2. The fourth-order valence-corrected chi connectivity index (χ4v) is 7.27. The van der Waals surface area contributed by atoms with E-state index in [0.29, 0.717) is 0 Å². The first-order valence-electron chi connectivity index (χ1n) is 8.83. The average molecular weight is 315 g/mol. The van der Waals surface area contributed by atoms with Crippen molar-refractivity contribution in [1.82, 2.24) is 9.80 Å². The highest BCUT2D eigenvalue weighted by Crippen LogP contribution is 2.20. The van der Waals surface area contributed by atoms with E-state index >= 15 is 0 Å². The van der Waals surface area contributed by atoms with Crippen molar-refractivity contribution < 1.29 is 0 Å². The van der Waals surface area contributed by atoms with Gasteiger partial charge < -0.3 is 9.80 Å². The molecule has 0 aromatic heterocycles. The minimum atomic E-state index is -0.407. The Hall–Kier alpha value is 0.452. The molecule has 0 atom stereocenters. The molecule has 0 heterocycles. The van der Waals surface area contributed by atoms with Crippen LogP contribution >= 0.6 is 0 Å². The number of hydrogen-bond donors (Lipinski definition) is 0. The normalized spacial score (nSPS) is 11.6. The molecule has 0 aromatic carbocycles. The van der Waals surface area contributed by atoms with E-state index in [1.54, 1.807) is 15.8 Å². The first kappa shape index (κ1) is 23.7. The van der Waals surface area contributed by atoms with Gasteiger partial charge in [0, 0.05) is 13.1 Å². The predicted molar refractivity (Wildman–Crippen MR) is 102 cm³/mol. The quantitative estimate of drug-likeness (QED) is 0.576. The first-order chi connectivity index (χ1) is 9.54. The number of nitrogens with zero attached hydrogens (tertiary/aromatic N) is 2. The topological polar surface area (TPSA) is 6.48 Å². The largest absolute Gasteiger partial charge is 0.308 e. The van der Waals surface area contributed by atoms with Gasteiger partial charge in [0.1, 0.15) is 0 Å². The molecule has 0 aromatic rings. The SMILES string of the molecule is CC(C)[CH2][Al]([CH2]C(C)C)[CH2]C(C)C.CN(C)CCN(C)C. The number of rotatable bonds is 9. The third-order valence-electron chi connectivity index (χ3n) is 3.41. The molecule has 0 fully saturated rings. The van der Waals surface area contributed by atoms with Crippen LogP contribution in [0.2, 0.25) is 15.8 Å². The van der Waals surface area contributed by atoms with E-state index in [9.17, 15) is 0 Å². The van der Waals surface area contributed by atoms with Crippen LogP contribution in [-0.4, -0.2) is 65.2 Å². The van der Waals surface area contributed by atoms with E-state index in [1.807, 2.05) is 0 Å². The summed E-state index contributed by atoms with van der Waals surface area (Å²) in [6.45, 7) is 16.5. The second-order valence-electron chi connectivity index (χ2n) is 8.36. The fourth-order valence-electron chi connectivity index (χ4n) is 2.69. The smallest absolute Gasteiger partial charge is 0.262 e. The Morgan fingerprint density at radius 3 is 0.952 bits per heavy atom. The molecule has 0 N–H and O–H groups in total. The maximum atomic E-state index is 2.38. The Morgan fingerprint density at radius 1 is 0.571 bits per heavy atom. The molecule has 128 valence electrons. The lowest BCUT2D eigenvalue weighted by Gasteiger charge is -2.17. The van der Waals surface area contributed by atoms with Crippen LogP contribution in [0.1, 0.15) is 41.5 Å². The Kier molecular flexibility index (Phi) is 15.9. The highest BCUT2D eigenvalue weighted by Gasteiger charge is 2.20. The van der Waals surface area contributed by atoms with Crippen molar-refractivity contribution in [3.8, 4) is 0 Å². The molecule has 0 aliphatic carbocycles. The zero-order valence-corrected chi connectivity index (χ0v) is 17.9. The summed E-state index contributed by atoms with van der Waals surface area (Å²) < 4.78 is 0. The van der Waals surface area contributed by atoms with E-state index < -0.39 is 14.1 Å². The molecule has 0 amide bonds. The molecular weight excluding hydrogens is 271 g/mol. The molecule has 0 aliphatic rings. The van der Waals surface area contributed by atoms with Gasteiger partial charge in [0.05, 0.1) is 0 Å². The van der Waals surface area contributed by atoms with Crippen molar-refractivity contribution in [2.45, 2.75) is 57.4 Å². The molecule has 0 unspecified atom stereocenters. The lowest BCUT2D eigenvalue weighted by Crippen LogP contribution is -2.25. The molecule has 0 spiro atoms. The summed E-state index contributed by atoms with van der Waals surface area (Å²) in [4.78, 5) is 4.36. The van der Waals surface area contributed by atoms with Crippen molar-refractivity contribution in [2.24, 2.45) is 17.8 Å². The van der Waals surface area contributed by atoms with Crippen molar-refractivity contribution >= 4 is 14.1 Å². The summed E-state index contributed by atoms with van der Waals surface area (Å²) in [5.41, 5.74) is 0. The molecule has 0 saturated heterocycles. The number of likely N-dealkylation sites (N-methyl/N-ethyl adjacent to an activating group) is 2. The van der Waals surface area contributed by atoms with Gasteiger partial charge in [-0.1, -0.05) is 75.1 Å². The van der Waals surface area contributed by atoms with Gasteiger partial charge in [-0.15, -0.1) is 0 Å². The summed E-state index contributed by atoms with van der Waals surface area (Å²) >= 11 is -0.407. The predicted octanol–water partition coefficient (Wildman–Crippen LogP) is 4.56. The van der Waals surface area contributed by atoms with Crippen molar-refractivity contribution in [3.05, 3.63) is 0 Å². The zero-order chi connectivity index (χ0) is 17.0. The molecule has 0 bridgehead atoms. The average Bonchev–Trinajstić information content (AvgIpc) is 2.24. The minimum absolute atomic E-state index is 0.407. The lowest BCUT2D eigenvalue weighted by molar-refractivity contribution is 0.320. The fraction of sp³-hybridized carbons (Fsp3) is 1.00. The van der Waals surface area contributed by atoms with Crippen molar-refractivity contribution in [1.29, 1.82) is 0 Å². The van der Waals surface area contributed by atoms with E-state index in [4.69, 9.17) is 0 Å². The maximum Gasteiger partial charge on any atom is 0.262 e. The molecule has 0 rings (SSSR count). The molecule has 2 nitrogen and oxygen atoms in total. The third kappa shape index (κ3) is 22.9. The Labute approximate surface area is 140 Å². The zero-order valence-electron chi connectivity index (χ0n) is 16.7. The van der Waals surface area contributed by atoms with Crippen LogP contribution in [0.15, 0.2) is 0 Å². The highest BCUT2D eigenvalue weighted by atomic mass is 27.2. The molecule has 21 heavy (non-hydrogen) atoms. The molecule has 0 saturated carbocycles. The van der Waals surface area contributed by atoms with Crippen LogP contribution in [0.3, 0.4) is 0 Å². The monoisotopic (exact) mass is 314 g/mol. The molecule has 3 heteroatoms. The first-order valence-corrected chi connectivity index (χ1v) is 11.3. The van der Waals surface area contributed by atoms with Crippen LogP contribution in [0.25, 0.3) is 0 Å². The van der Waals surface area contributed by atoms with Gasteiger partial charge >= 0.3 is 0 Å².